The van der Waals surface area contributed by atoms with E-state index in [9.17, 15) is 0 Å². The lowest BCUT2D eigenvalue weighted by Crippen LogP contribution is -2.39. The summed E-state index contributed by atoms with van der Waals surface area (Å²) >= 11 is 1.67. The minimum atomic E-state index is -0.223. The molecule has 2 aliphatic rings. The Morgan fingerprint density at radius 3 is 2.77 bits per heavy atom. The van der Waals surface area contributed by atoms with Crippen LogP contribution in [0.4, 0.5) is 11.6 Å². The molecule has 1 N–H and O–H groups in total. The summed E-state index contributed by atoms with van der Waals surface area (Å²) in [6, 6.07) is 0. The number of unbranched alkanes of at least 4 members (excludes halogenated alkanes) is 2. The number of nitrogens with zero attached hydrogens (tertiary/aromatic N) is 5. The van der Waals surface area contributed by atoms with E-state index < -0.39 is 0 Å². The first-order chi connectivity index (χ1) is 15.1. The quantitative estimate of drug-likeness (QED) is 0.575. The lowest BCUT2D eigenvalue weighted by atomic mass is 9.90. The fraction of sp³-hybridized carbons (Fsp3) is 0.636. The van der Waals surface area contributed by atoms with Crippen LogP contribution in [0.5, 0.6) is 0 Å². The number of morpholine rings is 1. The molecule has 166 valence electrons. The normalized spacial score (nSPS) is 18.5. The van der Waals surface area contributed by atoms with Crippen LogP contribution in [0.25, 0.3) is 20.4 Å². The van der Waals surface area contributed by atoms with Gasteiger partial charge in [0.2, 0.25) is 0 Å². The highest BCUT2D eigenvalue weighted by molar-refractivity contribution is 7.26. The van der Waals surface area contributed by atoms with Gasteiger partial charge in [-0.05, 0) is 31.0 Å². The SMILES string of the molecule is CCCCCNc1nnnc2c1sc1nc(N3CCOCC3)c3c(c12)CC(C)(C)OC3. The molecule has 0 atom stereocenters. The van der Waals surface area contributed by atoms with Gasteiger partial charge in [-0.3, -0.25) is 0 Å². The molecule has 0 radical (unpaired) electrons. The zero-order valence-electron chi connectivity index (χ0n) is 18.5. The van der Waals surface area contributed by atoms with E-state index in [0.717, 1.165) is 77.8 Å². The Morgan fingerprint density at radius 1 is 1.13 bits per heavy atom. The number of fused-ring (bicyclic) bond motifs is 5. The molecule has 0 spiro atoms. The molecule has 3 aromatic heterocycles. The summed E-state index contributed by atoms with van der Waals surface area (Å²) in [6.07, 6.45) is 4.34. The van der Waals surface area contributed by atoms with Crippen LogP contribution in [0.3, 0.4) is 0 Å². The molecule has 1 fully saturated rings. The summed E-state index contributed by atoms with van der Waals surface area (Å²) in [7, 11) is 0. The summed E-state index contributed by atoms with van der Waals surface area (Å²) in [5.41, 5.74) is 3.17. The van der Waals surface area contributed by atoms with Gasteiger partial charge < -0.3 is 19.7 Å². The maximum absolute atomic E-state index is 6.21. The van der Waals surface area contributed by atoms with E-state index in [1.807, 2.05) is 0 Å². The number of thiophene rings is 1. The highest BCUT2D eigenvalue weighted by Crippen LogP contribution is 2.43. The zero-order valence-corrected chi connectivity index (χ0v) is 19.3. The second-order valence-electron chi connectivity index (χ2n) is 8.95. The number of pyridine rings is 1. The Kier molecular flexibility index (Phi) is 5.66. The molecule has 9 heteroatoms. The Hall–Kier alpha value is -2.10. The minimum Gasteiger partial charge on any atom is -0.378 e. The third-order valence-corrected chi connectivity index (χ3v) is 7.19. The van der Waals surface area contributed by atoms with Gasteiger partial charge in [-0.25, -0.2) is 4.98 Å². The molecule has 1 saturated heterocycles. The molecule has 2 aliphatic heterocycles. The number of anilines is 2. The number of aromatic nitrogens is 4. The number of nitrogens with one attached hydrogen (secondary N) is 1. The average Bonchev–Trinajstić information content (AvgIpc) is 3.15. The Bertz CT molecular complexity index is 1090. The van der Waals surface area contributed by atoms with E-state index in [-0.39, 0.29) is 5.60 Å². The highest BCUT2D eigenvalue weighted by atomic mass is 32.1. The third-order valence-electron chi connectivity index (χ3n) is 6.11. The van der Waals surface area contributed by atoms with E-state index in [0.29, 0.717) is 6.61 Å². The van der Waals surface area contributed by atoms with Gasteiger partial charge in [0.1, 0.15) is 20.9 Å². The molecule has 0 aliphatic carbocycles. The van der Waals surface area contributed by atoms with E-state index >= 15 is 0 Å². The Labute approximate surface area is 186 Å². The molecular weight excluding hydrogens is 412 g/mol. The van der Waals surface area contributed by atoms with Crippen LogP contribution in [0.2, 0.25) is 0 Å². The van der Waals surface area contributed by atoms with Gasteiger partial charge in [-0.2, -0.15) is 0 Å². The second kappa shape index (κ2) is 8.44. The topological polar surface area (TPSA) is 85.3 Å². The van der Waals surface area contributed by atoms with E-state index in [1.165, 1.54) is 24.0 Å². The zero-order chi connectivity index (χ0) is 21.4. The third kappa shape index (κ3) is 3.94. The summed E-state index contributed by atoms with van der Waals surface area (Å²) in [5.74, 6) is 1.85. The van der Waals surface area contributed by atoms with Crippen LogP contribution in [0.15, 0.2) is 0 Å². The lowest BCUT2D eigenvalue weighted by Gasteiger charge is -2.36. The van der Waals surface area contributed by atoms with Gasteiger partial charge in [0, 0.05) is 37.0 Å². The first-order valence-corrected chi connectivity index (χ1v) is 12.1. The van der Waals surface area contributed by atoms with Gasteiger partial charge in [-0.15, -0.1) is 21.5 Å². The van der Waals surface area contributed by atoms with Crippen molar-refractivity contribution in [3.8, 4) is 0 Å². The maximum Gasteiger partial charge on any atom is 0.170 e. The van der Waals surface area contributed by atoms with E-state index in [2.05, 4.69) is 46.4 Å². The van der Waals surface area contributed by atoms with Crippen molar-refractivity contribution in [3.05, 3.63) is 11.1 Å². The summed E-state index contributed by atoms with van der Waals surface area (Å²) < 4.78 is 12.8. The molecule has 0 aromatic carbocycles. The molecule has 5 heterocycles. The van der Waals surface area contributed by atoms with Crippen LogP contribution in [0.1, 0.15) is 51.2 Å². The van der Waals surface area contributed by atoms with Crippen molar-refractivity contribution in [2.24, 2.45) is 0 Å². The van der Waals surface area contributed by atoms with Crippen molar-refractivity contribution >= 4 is 43.4 Å². The molecule has 5 rings (SSSR count). The fourth-order valence-corrected chi connectivity index (χ4v) is 5.55. The summed E-state index contributed by atoms with van der Waals surface area (Å²) in [5, 5.41) is 17.5. The van der Waals surface area contributed by atoms with Gasteiger partial charge in [0.15, 0.2) is 5.82 Å². The first kappa shape index (κ1) is 20.8. The lowest BCUT2D eigenvalue weighted by molar-refractivity contribution is -0.0396. The Morgan fingerprint density at radius 2 is 1.97 bits per heavy atom. The number of hydrogen-bond donors (Lipinski definition) is 1. The smallest absolute Gasteiger partial charge is 0.170 e. The average molecular weight is 443 g/mol. The van der Waals surface area contributed by atoms with Crippen LogP contribution >= 0.6 is 11.3 Å². The molecule has 0 saturated carbocycles. The van der Waals surface area contributed by atoms with Gasteiger partial charge in [-0.1, -0.05) is 19.8 Å². The van der Waals surface area contributed by atoms with Crippen molar-refractivity contribution in [1.82, 2.24) is 20.4 Å². The molecule has 8 nitrogen and oxygen atoms in total. The molecule has 31 heavy (non-hydrogen) atoms. The standard InChI is InChI=1S/C22H30N6O2S/c1-4-5-6-7-23-19-18-17(25-27-26-19)16-14-12-22(2,3)30-13-15(14)20(24-21(16)31-18)28-8-10-29-11-9-28/h4-13H2,1-3H3,(H,23,25,26). The Balaban J connectivity index is 1.65. The van der Waals surface area contributed by atoms with Crippen molar-refractivity contribution in [2.45, 2.75) is 58.7 Å². The molecule has 0 amide bonds. The second-order valence-corrected chi connectivity index (χ2v) is 9.95. The molecular formula is C22H30N6O2S. The number of ether oxygens (including phenoxy) is 2. The van der Waals surface area contributed by atoms with Crippen LogP contribution in [-0.4, -0.2) is 58.8 Å². The van der Waals surface area contributed by atoms with Crippen molar-refractivity contribution in [1.29, 1.82) is 0 Å². The van der Waals surface area contributed by atoms with Crippen LogP contribution in [-0.2, 0) is 22.5 Å². The first-order valence-electron chi connectivity index (χ1n) is 11.3. The van der Waals surface area contributed by atoms with Crippen molar-refractivity contribution in [2.75, 3.05) is 43.1 Å². The van der Waals surface area contributed by atoms with Gasteiger partial charge >= 0.3 is 0 Å². The van der Waals surface area contributed by atoms with Crippen LogP contribution in [0, 0.1) is 0 Å². The van der Waals surface area contributed by atoms with Gasteiger partial charge in [0.25, 0.3) is 0 Å². The number of rotatable bonds is 6. The molecule has 3 aromatic rings. The van der Waals surface area contributed by atoms with Crippen LogP contribution < -0.4 is 10.2 Å². The van der Waals surface area contributed by atoms with Crippen molar-refractivity contribution in [3.63, 3.8) is 0 Å². The summed E-state index contributed by atoms with van der Waals surface area (Å²) in [4.78, 5) is 8.47. The molecule has 0 bridgehead atoms. The van der Waals surface area contributed by atoms with E-state index in [1.54, 1.807) is 11.3 Å². The monoisotopic (exact) mass is 442 g/mol. The minimum absolute atomic E-state index is 0.223. The summed E-state index contributed by atoms with van der Waals surface area (Å²) in [6.45, 7) is 11.1. The highest BCUT2D eigenvalue weighted by Gasteiger charge is 2.33. The predicted molar refractivity (Wildman–Crippen MR) is 124 cm³/mol. The number of hydrogen-bond acceptors (Lipinski definition) is 9. The largest absolute Gasteiger partial charge is 0.378 e. The van der Waals surface area contributed by atoms with Crippen molar-refractivity contribution < 1.29 is 9.47 Å². The fourth-order valence-electron chi connectivity index (χ4n) is 4.45. The van der Waals surface area contributed by atoms with E-state index in [4.69, 9.17) is 14.5 Å². The maximum atomic E-state index is 6.21. The predicted octanol–water partition coefficient (Wildman–Crippen LogP) is 3.92. The van der Waals surface area contributed by atoms with Gasteiger partial charge in [0.05, 0.1) is 25.4 Å². The molecule has 0 unspecified atom stereocenters.